The fourth-order valence-electron chi connectivity index (χ4n) is 7.57. The summed E-state index contributed by atoms with van der Waals surface area (Å²) in [6.45, 7) is 8.64. The third-order valence-electron chi connectivity index (χ3n) is 10.6. The molecule has 2 aromatic heterocycles. The van der Waals surface area contributed by atoms with Gasteiger partial charge in [0.1, 0.15) is 23.7 Å². The Hall–Kier alpha value is -6.17. The van der Waals surface area contributed by atoms with Crippen molar-refractivity contribution in [3.63, 3.8) is 0 Å². The number of likely N-dealkylation sites (tertiary alicyclic amines) is 2. The van der Waals surface area contributed by atoms with Crippen molar-refractivity contribution in [2.45, 2.75) is 77.5 Å². The van der Waals surface area contributed by atoms with Crippen LogP contribution < -0.4 is 10.6 Å². The van der Waals surface area contributed by atoms with Crippen molar-refractivity contribution < 1.29 is 28.7 Å². The predicted molar refractivity (Wildman–Crippen MR) is 207 cm³/mol. The van der Waals surface area contributed by atoms with Crippen molar-refractivity contribution >= 4 is 24.0 Å². The summed E-state index contributed by atoms with van der Waals surface area (Å²) in [6, 6.07) is 14.0. The molecular formula is C41H49N9O6. The van der Waals surface area contributed by atoms with E-state index in [1.165, 1.54) is 14.2 Å². The number of ether oxygens (including phenoxy) is 2. The first-order chi connectivity index (χ1) is 26.9. The molecular weight excluding hydrogens is 715 g/mol. The normalized spacial score (nSPS) is 17.8. The number of nitriles is 1. The number of nitrogens with zero attached hydrogens (tertiary/aromatic N) is 5. The van der Waals surface area contributed by atoms with Gasteiger partial charge in [0.15, 0.2) is 0 Å². The Balaban J connectivity index is 1.15. The maximum Gasteiger partial charge on any atom is 0.407 e. The summed E-state index contributed by atoms with van der Waals surface area (Å²) in [5.41, 5.74) is 5.35. The summed E-state index contributed by atoms with van der Waals surface area (Å²) in [6.07, 6.45) is 5.26. The van der Waals surface area contributed by atoms with E-state index < -0.39 is 24.3 Å². The lowest BCUT2D eigenvalue weighted by Gasteiger charge is -2.30. The molecule has 4 aromatic rings. The molecule has 0 bridgehead atoms. The molecule has 0 spiro atoms. The van der Waals surface area contributed by atoms with Gasteiger partial charge in [-0.15, -0.1) is 0 Å². The number of alkyl carbamates (subject to hydrolysis) is 2. The van der Waals surface area contributed by atoms with E-state index in [-0.39, 0.29) is 35.7 Å². The Labute approximate surface area is 326 Å². The van der Waals surface area contributed by atoms with Gasteiger partial charge < -0.3 is 39.9 Å². The second-order valence-corrected chi connectivity index (χ2v) is 14.9. The fourth-order valence-corrected chi connectivity index (χ4v) is 7.57. The quantitative estimate of drug-likeness (QED) is 0.140. The first-order valence-corrected chi connectivity index (χ1v) is 19.0. The average molecular weight is 764 g/mol. The predicted octanol–water partition coefficient (Wildman–Crippen LogP) is 6.09. The molecule has 2 aliphatic heterocycles. The van der Waals surface area contributed by atoms with Gasteiger partial charge in [-0.05, 0) is 60.3 Å². The maximum atomic E-state index is 13.6. The van der Waals surface area contributed by atoms with Gasteiger partial charge in [-0.1, -0.05) is 64.1 Å². The van der Waals surface area contributed by atoms with Crippen LogP contribution >= 0.6 is 0 Å². The average Bonchev–Trinajstić information content (AvgIpc) is 4.04. The number of amides is 4. The zero-order valence-corrected chi connectivity index (χ0v) is 32.6. The van der Waals surface area contributed by atoms with Gasteiger partial charge in [0.2, 0.25) is 11.8 Å². The number of imidazole rings is 2. The molecule has 2 aromatic carbocycles. The molecule has 294 valence electrons. The van der Waals surface area contributed by atoms with E-state index in [1.807, 2.05) is 70.2 Å². The molecule has 2 saturated heterocycles. The molecule has 4 heterocycles. The molecule has 4 N–H and O–H groups in total. The van der Waals surface area contributed by atoms with Crippen molar-refractivity contribution in [3.05, 3.63) is 72.1 Å². The molecule has 0 radical (unpaired) electrons. The van der Waals surface area contributed by atoms with Crippen LogP contribution in [0.1, 0.15) is 82.7 Å². The second kappa shape index (κ2) is 17.1. The second-order valence-electron chi connectivity index (χ2n) is 14.9. The Morgan fingerprint density at radius 2 is 1.20 bits per heavy atom. The lowest BCUT2D eigenvalue weighted by molar-refractivity contribution is -0.136. The Kier molecular flexibility index (Phi) is 12.1. The Bertz CT molecular complexity index is 2100. The van der Waals surface area contributed by atoms with Gasteiger partial charge in [0.05, 0.1) is 61.7 Å². The number of carbonyl (C=O) groups excluding carboxylic acids is 4. The van der Waals surface area contributed by atoms with E-state index in [2.05, 4.69) is 36.6 Å². The van der Waals surface area contributed by atoms with Crippen LogP contribution in [0.2, 0.25) is 0 Å². The van der Waals surface area contributed by atoms with Crippen LogP contribution in [0.4, 0.5) is 9.59 Å². The summed E-state index contributed by atoms with van der Waals surface area (Å²) in [5.74, 6) is 0.696. The van der Waals surface area contributed by atoms with Crippen molar-refractivity contribution in [2.75, 3.05) is 27.3 Å². The number of rotatable bonds is 11. The van der Waals surface area contributed by atoms with Crippen molar-refractivity contribution in [2.24, 2.45) is 11.8 Å². The molecule has 56 heavy (non-hydrogen) atoms. The minimum absolute atomic E-state index is 0.123. The fraction of sp³-hybridized carbons (Fsp3) is 0.439. The number of hydrogen-bond donors (Lipinski definition) is 4. The monoisotopic (exact) mass is 763 g/mol. The highest BCUT2D eigenvalue weighted by atomic mass is 16.5. The van der Waals surface area contributed by atoms with Crippen LogP contribution in [-0.4, -0.2) is 93.1 Å². The first-order valence-electron chi connectivity index (χ1n) is 19.0. The number of nitrogens with one attached hydrogen (secondary N) is 4. The zero-order chi connectivity index (χ0) is 40.1. The molecule has 1 unspecified atom stereocenters. The molecule has 15 nitrogen and oxygen atoms in total. The number of H-pyrrole nitrogens is 2. The minimum Gasteiger partial charge on any atom is -0.453 e. The van der Waals surface area contributed by atoms with Gasteiger partial charge in [-0.2, -0.15) is 5.26 Å². The summed E-state index contributed by atoms with van der Waals surface area (Å²) in [7, 11) is 2.55. The third kappa shape index (κ3) is 8.24. The lowest BCUT2D eigenvalue weighted by atomic mass is 9.97. The molecule has 2 fully saturated rings. The number of benzene rings is 2. The van der Waals surface area contributed by atoms with E-state index in [0.29, 0.717) is 41.6 Å². The van der Waals surface area contributed by atoms with Crippen molar-refractivity contribution in [3.8, 4) is 39.7 Å². The molecule has 4 amide bonds. The van der Waals surface area contributed by atoms with Crippen LogP contribution in [0.3, 0.4) is 0 Å². The van der Waals surface area contributed by atoms with Crippen LogP contribution in [-0.2, 0) is 19.1 Å². The maximum absolute atomic E-state index is 13.6. The van der Waals surface area contributed by atoms with Crippen molar-refractivity contribution in [1.29, 1.82) is 5.26 Å². The van der Waals surface area contributed by atoms with Crippen molar-refractivity contribution in [1.82, 2.24) is 40.4 Å². The number of aromatic amines is 2. The number of carbonyl (C=O) groups is 4. The zero-order valence-electron chi connectivity index (χ0n) is 32.6. The van der Waals surface area contributed by atoms with E-state index in [0.717, 1.165) is 48.1 Å². The molecule has 2 aliphatic rings. The number of hydrogen-bond acceptors (Lipinski definition) is 9. The third-order valence-corrected chi connectivity index (χ3v) is 10.6. The summed E-state index contributed by atoms with van der Waals surface area (Å²) < 4.78 is 9.49. The van der Waals surface area contributed by atoms with E-state index in [1.54, 1.807) is 22.2 Å². The first kappa shape index (κ1) is 39.5. The van der Waals surface area contributed by atoms with Crippen LogP contribution in [0.15, 0.2) is 54.9 Å². The van der Waals surface area contributed by atoms with Gasteiger partial charge >= 0.3 is 12.2 Å². The smallest absolute Gasteiger partial charge is 0.407 e. The van der Waals surface area contributed by atoms with Crippen LogP contribution in [0.5, 0.6) is 0 Å². The van der Waals surface area contributed by atoms with Gasteiger partial charge in [0, 0.05) is 18.7 Å². The molecule has 4 atom stereocenters. The van der Waals surface area contributed by atoms with Gasteiger partial charge in [0.25, 0.3) is 0 Å². The molecule has 6 rings (SSSR count). The van der Waals surface area contributed by atoms with Gasteiger partial charge in [-0.3, -0.25) is 9.59 Å². The van der Waals surface area contributed by atoms with Gasteiger partial charge in [-0.25, -0.2) is 19.6 Å². The highest BCUT2D eigenvalue weighted by Gasteiger charge is 2.39. The lowest BCUT2D eigenvalue weighted by Crippen LogP contribution is -2.51. The molecule has 0 aliphatic carbocycles. The van der Waals surface area contributed by atoms with Crippen LogP contribution in [0, 0.1) is 23.2 Å². The molecule has 0 saturated carbocycles. The van der Waals surface area contributed by atoms with E-state index >= 15 is 0 Å². The largest absolute Gasteiger partial charge is 0.453 e. The topological polar surface area (TPSA) is 198 Å². The highest BCUT2D eigenvalue weighted by Crippen LogP contribution is 2.36. The summed E-state index contributed by atoms with van der Waals surface area (Å²) in [4.78, 5) is 70.6. The SMILES string of the molecule is COC(=O)NC(C(=O)N1CCC[C@H]1c1ncc(-c2ccc(-c3ccc(-c4cnc([C@@H]5CCCN5C(=O)[C@@H](NC(=O)OC)C(C)C)[nH]4)cc3)cc2C#N)[nH]1)C(C)C. The standard InChI is InChI=1S/C41H49N9O6/c1-23(2)34(47-40(53)55-5)38(51)49-17-7-9-32(49)36-43-21-30(45-36)26-13-11-25(12-14-26)27-15-16-29(28(19-27)20-42)31-22-44-37(46-31)33-10-8-18-50(33)39(52)35(24(3)4)48-41(54)56-6/h11-16,19,21-24,32-35H,7-10,17-18H2,1-6H3,(H,43,45)(H,44,46)(H,47,53)(H,48,54)/t32-,33-,34-,35?/m0/s1. The highest BCUT2D eigenvalue weighted by molar-refractivity contribution is 5.87. The van der Waals surface area contributed by atoms with E-state index in [9.17, 15) is 24.4 Å². The Morgan fingerprint density at radius 3 is 1.68 bits per heavy atom. The van der Waals surface area contributed by atoms with Crippen LogP contribution in [0.25, 0.3) is 33.6 Å². The minimum atomic E-state index is -0.733. The number of methoxy groups -OCH3 is 2. The Morgan fingerprint density at radius 1 is 0.732 bits per heavy atom. The summed E-state index contributed by atoms with van der Waals surface area (Å²) in [5, 5.41) is 15.5. The molecule has 15 heteroatoms. The summed E-state index contributed by atoms with van der Waals surface area (Å²) >= 11 is 0. The van der Waals surface area contributed by atoms with E-state index in [4.69, 9.17) is 9.47 Å². The number of aromatic nitrogens is 4.